The van der Waals surface area contributed by atoms with Gasteiger partial charge in [0.2, 0.25) is 15.9 Å². The molecule has 0 bridgehead atoms. The maximum Gasteiger partial charge on any atom is 0.258 e. The number of carbonyl (C=O) groups excluding carboxylic acids is 1. The summed E-state index contributed by atoms with van der Waals surface area (Å²) in [6.07, 6.45) is 1.03. The second-order valence-electron chi connectivity index (χ2n) is 7.08. The first-order chi connectivity index (χ1) is 12.3. The fourth-order valence-corrected chi connectivity index (χ4v) is 5.02. The van der Waals surface area contributed by atoms with Crippen molar-refractivity contribution < 1.29 is 17.7 Å². The van der Waals surface area contributed by atoms with Crippen LogP contribution in [-0.4, -0.2) is 36.9 Å². The number of aryl methyl sites for hydroxylation is 1. The summed E-state index contributed by atoms with van der Waals surface area (Å²) in [5.74, 6) is 0.540. The number of aromatic nitrogens is 1. The van der Waals surface area contributed by atoms with Gasteiger partial charge in [0.05, 0.1) is 10.6 Å². The number of amides is 1. The van der Waals surface area contributed by atoms with Crippen LogP contribution >= 0.6 is 0 Å². The third kappa shape index (κ3) is 3.96. The van der Waals surface area contributed by atoms with E-state index in [1.807, 2.05) is 0 Å². The molecule has 8 heteroatoms. The number of benzene rings is 1. The number of hydrogen-bond donors (Lipinski definition) is 1. The standard InChI is InChI=1S/C18H23N3O4S/c1-12-8-13(2)11-21(10-12)26(23,24)16-6-4-15(5-7-16)18(22)19-17-9-14(3)20-25-17/h4-7,9,12-13H,8,10-11H2,1-3H3,(H,19,22). The van der Waals surface area contributed by atoms with Crippen LogP contribution in [0.5, 0.6) is 0 Å². The molecule has 2 heterocycles. The van der Waals surface area contributed by atoms with Gasteiger partial charge in [0, 0.05) is 24.7 Å². The molecule has 1 N–H and O–H groups in total. The summed E-state index contributed by atoms with van der Waals surface area (Å²) >= 11 is 0. The van der Waals surface area contributed by atoms with E-state index in [-0.39, 0.29) is 16.7 Å². The topological polar surface area (TPSA) is 92.5 Å². The highest BCUT2D eigenvalue weighted by Gasteiger charge is 2.31. The first-order valence-corrected chi connectivity index (χ1v) is 10.0. The molecule has 1 aromatic carbocycles. The minimum Gasteiger partial charge on any atom is -0.338 e. The van der Waals surface area contributed by atoms with Crippen LogP contribution in [0, 0.1) is 18.8 Å². The summed E-state index contributed by atoms with van der Waals surface area (Å²) in [7, 11) is -3.55. The second-order valence-corrected chi connectivity index (χ2v) is 9.02. The van der Waals surface area contributed by atoms with Gasteiger partial charge in [0.15, 0.2) is 0 Å². The molecule has 0 radical (unpaired) electrons. The van der Waals surface area contributed by atoms with E-state index in [2.05, 4.69) is 24.3 Å². The van der Waals surface area contributed by atoms with Crippen molar-refractivity contribution in [2.45, 2.75) is 32.1 Å². The number of anilines is 1. The van der Waals surface area contributed by atoms with Crippen LogP contribution in [0.2, 0.25) is 0 Å². The highest BCUT2D eigenvalue weighted by molar-refractivity contribution is 7.89. The lowest BCUT2D eigenvalue weighted by Crippen LogP contribution is -2.42. The van der Waals surface area contributed by atoms with Gasteiger partial charge in [-0.25, -0.2) is 8.42 Å². The number of hydrogen-bond acceptors (Lipinski definition) is 5. The van der Waals surface area contributed by atoms with Crippen molar-refractivity contribution in [3.63, 3.8) is 0 Å². The number of nitrogens with zero attached hydrogens (tertiary/aromatic N) is 2. The van der Waals surface area contributed by atoms with E-state index in [1.165, 1.54) is 28.6 Å². The average Bonchev–Trinajstić information content (AvgIpc) is 2.99. The fourth-order valence-electron chi connectivity index (χ4n) is 3.34. The molecule has 2 aromatic rings. The van der Waals surface area contributed by atoms with Crippen LogP contribution in [0.25, 0.3) is 0 Å². The zero-order valence-corrected chi connectivity index (χ0v) is 15.9. The molecular weight excluding hydrogens is 354 g/mol. The molecule has 1 fully saturated rings. The molecule has 0 saturated carbocycles. The fraction of sp³-hybridized carbons (Fsp3) is 0.444. The molecule has 1 aliphatic heterocycles. The van der Waals surface area contributed by atoms with E-state index >= 15 is 0 Å². The molecule has 140 valence electrons. The highest BCUT2D eigenvalue weighted by Crippen LogP contribution is 2.26. The van der Waals surface area contributed by atoms with Gasteiger partial charge < -0.3 is 4.52 Å². The van der Waals surface area contributed by atoms with Crippen LogP contribution in [0.15, 0.2) is 39.8 Å². The van der Waals surface area contributed by atoms with Gasteiger partial charge in [-0.1, -0.05) is 19.0 Å². The summed E-state index contributed by atoms with van der Waals surface area (Å²) in [4.78, 5) is 12.4. The van der Waals surface area contributed by atoms with Crippen molar-refractivity contribution in [1.29, 1.82) is 0 Å². The first-order valence-electron chi connectivity index (χ1n) is 8.60. The summed E-state index contributed by atoms with van der Waals surface area (Å²) in [6, 6.07) is 7.56. The molecule has 0 spiro atoms. The monoisotopic (exact) mass is 377 g/mol. The van der Waals surface area contributed by atoms with E-state index < -0.39 is 10.0 Å². The third-order valence-corrected chi connectivity index (χ3v) is 6.30. The van der Waals surface area contributed by atoms with E-state index in [4.69, 9.17) is 4.52 Å². The molecule has 3 rings (SSSR count). The number of nitrogens with one attached hydrogen (secondary N) is 1. The van der Waals surface area contributed by atoms with Crippen molar-refractivity contribution >= 4 is 21.8 Å². The predicted octanol–water partition coefficient (Wildman–Crippen LogP) is 2.90. The predicted molar refractivity (Wildman–Crippen MR) is 97.3 cm³/mol. The first kappa shape index (κ1) is 18.6. The Kier molecular flexibility index (Phi) is 5.15. The Hall–Kier alpha value is -2.19. The summed E-state index contributed by atoms with van der Waals surface area (Å²) in [5.41, 5.74) is 1.00. The van der Waals surface area contributed by atoms with Crippen LogP contribution in [0.3, 0.4) is 0 Å². The van der Waals surface area contributed by atoms with E-state index in [0.29, 0.717) is 36.2 Å². The lowest BCUT2D eigenvalue weighted by molar-refractivity contribution is 0.102. The molecule has 1 aromatic heterocycles. The lowest BCUT2D eigenvalue weighted by Gasteiger charge is -2.34. The zero-order chi connectivity index (χ0) is 18.9. The maximum absolute atomic E-state index is 12.9. The Bertz CT molecular complexity index is 879. The minimum atomic E-state index is -3.55. The lowest BCUT2D eigenvalue weighted by atomic mass is 9.94. The molecular formula is C18H23N3O4S. The Balaban J connectivity index is 1.75. The smallest absolute Gasteiger partial charge is 0.258 e. The molecule has 2 unspecified atom stereocenters. The molecule has 7 nitrogen and oxygen atoms in total. The molecule has 26 heavy (non-hydrogen) atoms. The van der Waals surface area contributed by atoms with Crippen LogP contribution in [-0.2, 0) is 10.0 Å². The van der Waals surface area contributed by atoms with Gasteiger partial charge in [-0.3, -0.25) is 10.1 Å². The van der Waals surface area contributed by atoms with Crippen LogP contribution in [0.4, 0.5) is 5.88 Å². The van der Waals surface area contributed by atoms with Gasteiger partial charge >= 0.3 is 0 Å². The normalized spacial score (nSPS) is 21.5. The molecule has 1 aliphatic rings. The minimum absolute atomic E-state index is 0.200. The quantitative estimate of drug-likeness (QED) is 0.884. The van der Waals surface area contributed by atoms with Crippen LogP contribution in [0.1, 0.15) is 36.3 Å². The summed E-state index contributed by atoms with van der Waals surface area (Å²) in [5, 5.41) is 6.28. The van der Waals surface area contributed by atoms with E-state index in [1.54, 1.807) is 13.0 Å². The van der Waals surface area contributed by atoms with Gasteiger partial charge in [-0.2, -0.15) is 4.31 Å². The van der Waals surface area contributed by atoms with Crippen molar-refractivity contribution in [2.24, 2.45) is 11.8 Å². The SMILES string of the molecule is Cc1cc(NC(=O)c2ccc(S(=O)(=O)N3CC(C)CC(C)C3)cc2)on1. The Morgan fingerprint density at radius 3 is 2.35 bits per heavy atom. The van der Waals surface area contributed by atoms with Crippen molar-refractivity contribution in [2.75, 3.05) is 18.4 Å². The average molecular weight is 377 g/mol. The summed E-state index contributed by atoms with van der Waals surface area (Å²) < 4.78 is 32.2. The second kappa shape index (κ2) is 7.20. The van der Waals surface area contributed by atoms with Gasteiger partial charge in [-0.15, -0.1) is 0 Å². The van der Waals surface area contributed by atoms with Crippen molar-refractivity contribution in [1.82, 2.24) is 9.46 Å². The molecule has 0 aliphatic carbocycles. The van der Waals surface area contributed by atoms with E-state index in [0.717, 1.165) is 6.42 Å². The van der Waals surface area contributed by atoms with Gasteiger partial charge in [0.25, 0.3) is 5.91 Å². The number of sulfonamides is 1. The maximum atomic E-state index is 12.9. The molecule has 2 atom stereocenters. The van der Waals surface area contributed by atoms with Gasteiger partial charge in [-0.05, 0) is 49.4 Å². The largest absolute Gasteiger partial charge is 0.338 e. The highest BCUT2D eigenvalue weighted by atomic mass is 32.2. The number of rotatable bonds is 4. The Morgan fingerprint density at radius 1 is 1.19 bits per heavy atom. The third-order valence-electron chi connectivity index (χ3n) is 4.45. The molecule has 1 saturated heterocycles. The Morgan fingerprint density at radius 2 is 1.81 bits per heavy atom. The van der Waals surface area contributed by atoms with E-state index in [9.17, 15) is 13.2 Å². The summed E-state index contributed by atoms with van der Waals surface area (Å²) in [6.45, 7) is 6.94. The zero-order valence-electron chi connectivity index (χ0n) is 15.1. The van der Waals surface area contributed by atoms with Gasteiger partial charge in [0.1, 0.15) is 0 Å². The van der Waals surface area contributed by atoms with Crippen molar-refractivity contribution in [3.8, 4) is 0 Å². The Labute approximate surface area is 153 Å². The number of piperidine rings is 1. The number of carbonyl (C=O) groups is 1. The molecule has 1 amide bonds. The van der Waals surface area contributed by atoms with Crippen molar-refractivity contribution in [3.05, 3.63) is 41.6 Å². The van der Waals surface area contributed by atoms with Crippen LogP contribution < -0.4 is 5.32 Å².